The molecule has 1 aliphatic heterocycles. The van der Waals surface area contributed by atoms with Gasteiger partial charge in [0, 0.05) is 13.0 Å². The highest BCUT2D eigenvalue weighted by molar-refractivity contribution is 5.94. The van der Waals surface area contributed by atoms with Gasteiger partial charge in [-0.1, -0.05) is 27.7 Å². The molecule has 11 nitrogen and oxygen atoms in total. The van der Waals surface area contributed by atoms with Crippen LogP contribution in [0.2, 0.25) is 0 Å². The molecular weight excluding hydrogens is 406 g/mol. The van der Waals surface area contributed by atoms with E-state index >= 15 is 0 Å². The van der Waals surface area contributed by atoms with Crippen LogP contribution in [0.1, 0.15) is 53.4 Å². The first-order chi connectivity index (χ1) is 14.4. The number of hydrogen-bond acceptors (Lipinski definition) is 6. The van der Waals surface area contributed by atoms with E-state index in [1.165, 1.54) is 4.90 Å². The van der Waals surface area contributed by atoms with Crippen molar-refractivity contribution in [1.29, 1.82) is 0 Å². The molecule has 0 radical (unpaired) electrons. The normalized spacial score (nSPS) is 19.1. The SMILES string of the molecule is CC(C)C(N)C(=O)NC(C(=O)NC(CCC(N)=O)C(=O)N1CCCC1C(=O)O)C(C)C. The number of nitrogens with two attached hydrogens (primary N) is 2. The summed E-state index contributed by atoms with van der Waals surface area (Å²) in [6.45, 7) is 7.26. The summed E-state index contributed by atoms with van der Waals surface area (Å²) in [6.07, 6.45) is 0.596. The number of carbonyl (C=O) groups is 5. The fraction of sp³-hybridized carbons (Fsp3) is 0.750. The van der Waals surface area contributed by atoms with Gasteiger partial charge < -0.3 is 32.1 Å². The molecule has 1 fully saturated rings. The predicted octanol–water partition coefficient (Wildman–Crippen LogP) is -1.06. The average molecular weight is 442 g/mol. The van der Waals surface area contributed by atoms with E-state index in [4.69, 9.17) is 11.5 Å². The number of likely N-dealkylation sites (tertiary alicyclic amines) is 1. The maximum Gasteiger partial charge on any atom is 0.326 e. The van der Waals surface area contributed by atoms with Crippen LogP contribution >= 0.6 is 0 Å². The van der Waals surface area contributed by atoms with Gasteiger partial charge in [-0.3, -0.25) is 19.2 Å². The second-order valence-corrected chi connectivity index (χ2v) is 8.59. The summed E-state index contributed by atoms with van der Waals surface area (Å²) in [5.74, 6) is -3.92. The quantitative estimate of drug-likeness (QED) is 0.270. The number of nitrogens with one attached hydrogen (secondary N) is 2. The number of amides is 4. The molecule has 0 aromatic carbocycles. The minimum Gasteiger partial charge on any atom is -0.480 e. The molecule has 1 saturated heterocycles. The summed E-state index contributed by atoms with van der Waals surface area (Å²) >= 11 is 0. The Balaban J connectivity index is 3.01. The molecule has 1 aliphatic rings. The van der Waals surface area contributed by atoms with E-state index in [0.29, 0.717) is 12.8 Å². The number of rotatable bonds is 11. The van der Waals surface area contributed by atoms with Crippen LogP contribution in [0, 0.1) is 11.8 Å². The lowest BCUT2D eigenvalue weighted by Crippen LogP contribution is -2.59. The van der Waals surface area contributed by atoms with Crippen molar-refractivity contribution < 1.29 is 29.1 Å². The first-order valence-corrected chi connectivity index (χ1v) is 10.5. The number of carboxylic acids is 1. The molecule has 0 aliphatic carbocycles. The Labute approximate surface area is 182 Å². The molecule has 0 bridgehead atoms. The van der Waals surface area contributed by atoms with Gasteiger partial charge in [-0.2, -0.15) is 0 Å². The molecule has 4 unspecified atom stereocenters. The highest BCUT2D eigenvalue weighted by Crippen LogP contribution is 2.20. The molecule has 0 spiro atoms. The summed E-state index contributed by atoms with van der Waals surface area (Å²) < 4.78 is 0. The van der Waals surface area contributed by atoms with Gasteiger partial charge >= 0.3 is 5.97 Å². The van der Waals surface area contributed by atoms with E-state index in [9.17, 15) is 29.1 Å². The van der Waals surface area contributed by atoms with E-state index in [0.717, 1.165) is 0 Å². The van der Waals surface area contributed by atoms with Crippen LogP contribution in [0.5, 0.6) is 0 Å². The molecule has 176 valence electrons. The molecule has 4 atom stereocenters. The molecule has 4 amide bonds. The second kappa shape index (κ2) is 11.6. The lowest BCUT2D eigenvalue weighted by Gasteiger charge is -2.30. The topological polar surface area (TPSA) is 185 Å². The largest absolute Gasteiger partial charge is 0.480 e. The molecule has 31 heavy (non-hydrogen) atoms. The third-order valence-corrected chi connectivity index (χ3v) is 5.38. The third kappa shape index (κ3) is 7.50. The Kier molecular flexibility index (Phi) is 9.89. The number of carboxylic acid groups (broad SMARTS) is 1. The minimum atomic E-state index is -1.14. The van der Waals surface area contributed by atoms with Crippen molar-refractivity contribution >= 4 is 29.6 Å². The van der Waals surface area contributed by atoms with Crippen LogP contribution in [-0.2, 0) is 24.0 Å². The van der Waals surface area contributed by atoms with Crippen LogP contribution in [0.4, 0.5) is 0 Å². The monoisotopic (exact) mass is 441 g/mol. The van der Waals surface area contributed by atoms with Gasteiger partial charge in [-0.15, -0.1) is 0 Å². The number of primary amides is 1. The molecule has 1 heterocycles. The van der Waals surface area contributed by atoms with Crippen molar-refractivity contribution in [3.8, 4) is 0 Å². The predicted molar refractivity (Wildman–Crippen MR) is 112 cm³/mol. The lowest BCUT2D eigenvalue weighted by atomic mass is 9.99. The van der Waals surface area contributed by atoms with Gasteiger partial charge in [0.25, 0.3) is 0 Å². The lowest BCUT2D eigenvalue weighted by molar-refractivity contribution is -0.149. The highest BCUT2D eigenvalue weighted by atomic mass is 16.4. The number of aliphatic carboxylic acids is 1. The van der Waals surface area contributed by atoms with Gasteiger partial charge in [0.15, 0.2) is 0 Å². The maximum atomic E-state index is 13.0. The minimum absolute atomic E-state index is 0.0764. The maximum absolute atomic E-state index is 13.0. The third-order valence-electron chi connectivity index (χ3n) is 5.38. The van der Waals surface area contributed by atoms with E-state index in [2.05, 4.69) is 10.6 Å². The Hall–Kier alpha value is -2.69. The zero-order valence-electron chi connectivity index (χ0n) is 18.6. The zero-order valence-corrected chi connectivity index (χ0v) is 18.6. The molecule has 0 aromatic heterocycles. The van der Waals surface area contributed by atoms with Gasteiger partial charge in [0.2, 0.25) is 23.6 Å². The van der Waals surface area contributed by atoms with Gasteiger partial charge in [-0.25, -0.2) is 4.79 Å². The molecule has 0 saturated carbocycles. The van der Waals surface area contributed by atoms with Crippen molar-refractivity contribution in [1.82, 2.24) is 15.5 Å². The molecule has 0 aromatic rings. The number of hydrogen-bond donors (Lipinski definition) is 5. The molecule has 11 heteroatoms. The fourth-order valence-electron chi connectivity index (χ4n) is 3.38. The van der Waals surface area contributed by atoms with Crippen molar-refractivity contribution in [2.24, 2.45) is 23.3 Å². The van der Waals surface area contributed by atoms with Crippen molar-refractivity contribution in [3.63, 3.8) is 0 Å². The van der Waals surface area contributed by atoms with Crippen molar-refractivity contribution in [3.05, 3.63) is 0 Å². The van der Waals surface area contributed by atoms with E-state index < -0.39 is 53.8 Å². The summed E-state index contributed by atoms with van der Waals surface area (Å²) in [6, 6.07) is -3.89. The van der Waals surface area contributed by atoms with Crippen molar-refractivity contribution in [2.75, 3.05) is 6.54 Å². The summed E-state index contributed by atoms with van der Waals surface area (Å²) in [7, 11) is 0. The Morgan fingerprint density at radius 1 is 1.03 bits per heavy atom. The average Bonchev–Trinajstić information content (AvgIpc) is 3.17. The molecule has 7 N–H and O–H groups in total. The van der Waals surface area contributed by atoms with E-state index in [1.807, 2.05) is 0 Å². The van der Waals surface area contributed by atoms with E-state index in [-0.39, 0.29) is 31.2 Å². The van der Waals surface area contributed by atoms with Crippen LogP contribution in [-0.4, -0.2) is 70.3 Å². The molecular formula is C20H35N5O6. The van der Waals surface area contributed by atoms with Crippen LogP contribution in [0.25, 0.3) is 0 Å². The Bertz CT molecular complexity index is 696. The van der Waals surface area contributed by atoms with Crippen LogP contribution < -0.4 is 22.1 Å². The van der Waals surface area contributed by atoms with Crippen molar-refractivity contribution in [2.45, 2.75) is 77.5 Å². The van der Waals surface area contributed by atoms with Gasteiger partial charge in [-0.05, 0) is 31.1 Å². The Morgan fingerprint density at radius 3 is 2.13 bits per heavy atom. The summed E-state index contributed by atoms with van der Waals surface area (Å²) in [5, 5.41) is 14.6. The molecule has 1 rings (SSSR count). The Morgan fingerprint density at radius 2 is 1.65 bits per heavy atom. The van der Waals surface area contributed by atoms with Crippen LogP contribution in [0.15, 0.2) is 0 Å². The fourth-order valence-corrected chi connectivity index (χ4v) is 3.38. The number of carbonyl (C=O) groups excluding carboxylic acids is 4. The standard InChI is InChI=1S/C20H35N5O6/c1-10(2)15(22)17(27)24-16(11(3)4)18(28)23-12(7-8-14(21)26)19(29)25-9-5-6-13(25)20(30)31/h10-13,15-16H,5-9,22H2,1-4H3,(H2,21,26)(H,23,28)(H,24,27)(H,30,31). The first-order valence-electron chi connectivity index (χ1n) is 10.5. The summed E-state index contributed by atoms with van der Waals surface area (Å²) in [4.78, 5) is 62.2. The highest BCUT2D eigenvalue weighted by Gasteiger charge is 2.38. The van der Waals surface area contributed by atoms with E-state index in [1.54, 1.807) is 27.7 Å². The first kappa shape index (κ1) is 26.3. The zero-order chi connectivity index (χ0) is 23.9. The summed E-state index contributed by atoms with van der Waals surface area (Å²) in [5.41, 5.74) is 11.0. The smallest absolute Gasteiger partial charge is 0.326 e. The van der Waals surface area contributed by atoms with Gasteiger partial charge in [0.1, 0.15) is 18.1 Å². The second-order valence-electron chi connectivity index (χ2n) is 8.59. The van der Waals surface area contributed by atoms with Gasteiger partial charge in [0.05, 0.1) is 6.04 Å². The van der Waals surface area contributed by atoms with Crippen LogP contribution in [0.3, 0.4) is 0 Å². The number of nitrogens with zero attached hydrogens (tertiary/aromatic N) is 1.